The number of rotatable bonds is 7. The average Bonchev–Trinajstić information content (AvgIpc) is 3.20. The molecule has 0 bridgehead atoms. The predicted octanol–water partition coefficient (Wildman–Crippen LogP) is 4.35. The number of aromatic nitrogens is 2. The van der Waals surface area contributed by atoms with Crippen LogP contribution in [0.1, 0.15) is 30.8 Å². The van der Waals surface area contributed by atoms with Crippen LogP contribution in [0, 0.1) is 19.8 Å². The van der Waals surface area contributed by atoms with Crippen LogP contribution in [0.2, 0.25) is 0 Å². The van der Waals surface area contributed by atoms with Crippen LogP contribution in [0.3, 0.4) is 0 Å². The van der Waals surface area contributed by atoms with E-state index in [0.29, 0.717) is 11.6 Å². The van der Waals surface area contributed by atoms with Crippen LogP contribution < -0.4 is 10.4 Å². The van der Waals surface area contributed by atoms with Crippen LogP contribution >= 0.6 is 34.4 Å². The molecule has 0 atom stereocenters. The van der Waals surface area contributed by atoms with Crippen molar-refractivity contribution in [2.24, 2.45) is 5.92 Å². The molecule has 3 heterocycles. The zero-order valence-electron chi connectivity index (χ0n) is 15.5. The van der Waals surface area contributed by atoms with Gasteiger partial charge in [-0.15, -0.1) is 34.4 Å². The minimum atomic E-state index is -3.77. The molecule has 0 aromatic carbocycles. The zero-order valence-corrected chi connectivity index (χ0v) is 18.7. The molecule has 146 valence electrons. The van der Waals surface area contributed by atoms with E-state index < -0.39 is 15.7 Å². The van der Waals surface area contributed by atoms with Gasteiger partial charge >= 0.3 is 5.69 Å². The van der Waals surface area contributed by atoms with E-state index in [4.69, 9.17) is 0 Å². The Morgan fingerprint density at radius 1 is 1.33 bits per heavy atom. The Morgan fingerprint density at radius 2 is 2.07 bits per heavy atom. The summed E-state index contributed by atoms with van der Waals surface area (Å²) in [5.74, 6) is 1.56. The monoisotopic (exact) mass is 443 g/mol. The van der Waals surface area contributed by atoms with Crippen molar-refractivity contribution in [3.05, 3.63) is 38.6 Å². The lowest BCUT2D eigenvalue weighted by molar-refractivity contribution is 0.603. The van der Waals surface area contributed by atoms with Crippen molar-refractivity contribution in [1.82, 2.24) is 9.55 Å². The Hall–Kier alpha value is -1.36. The Morgan fingerprint density at radius 3 is 2.70 bits per heavy atom. The average molecular weight is 444 g/mol. The van der Waals surface area contributed by atoms with Gasteiger partial charge < -0.3 is 0 Å². The van der Waals surface area contributed by atoms with Gasteiger partial charge in [-0.05, 0) is 43.4 Å². The van der Waals surface area contributed by atoms with E-state index in [1.807, 2.05) is 13.8 Å². The largest absolute Gasteiger partial charge is 0.354 e. The van der Waals surface area contributed by atoms with Crippen molar-refractivity contribution in [3.8, 4) is 5.69 Å². The van der Waals surface area contributed by atoms with E-state index in [9.17, 15) is 13.2 Å². The maximum absolute atomic E-state index is 12.6. The smallest absolute Gasteiger partial charge is 0.261 e. The first-order valence-corrected chi connectivity index (χ1v) is 12.6. The highest BCUT2D eigenvalue weighted by atomic mass is 32.2. The number of anilines is 1. The van der Waals surface area contributed by atoms with Gasteiger partial charge in [0.1, 0.15) is 9.90 Å². The number of fused-ring (bicyclic) bond motifs is 1. The highest BCUT2D eigenvalue weighted by molar-refractivity contribution is 8.01. The lowest BCUT2D eigenvalue weighted by atomic mass is 10.2. The fraction of sp³-hybridized carbons (Fsp3) is 0.412. The van der Waals surface area contributed by atoms with Gasteiger partial charge in [0, 0.05) is 10.6 Å². The molecule has 0 amide bonds. The van der Waals surface area contributed by atoms with Crippen LogP contribution in [0.25, 0.3) is 5.69 Å². The Kier molecular flexibility index (Phi) is 5.99. The standard InChI is InChI=1S/C17H21N3O3S4/c1-10(2)7-9-25-16-14-15(19-27(22,23)13-6-5-8-24-13)18-17(21)20(14)11(3)12(4)26-16/h5-6,8,10H,7,9H2,1-4H3,(H,18,19,21). The van der Waals surface area contributed by atoms with Crippen LogP contribution in [0.15, 0.2) is 30.7 Å². The highest BCUT2D eigenvalue weighted by Crippen LogP contribution is 2.39. The van der Waals surface area contributed by atoms with Gasteiger partial charge in [-0.3, -0.25) is 9.29 Å². The predicted molar refractivity (Wildman–Crippen MR) is 114 cm³/mol. The lowest BCUT2D eigenvalue weighted by Crippen LogP contribution is -2.17. The van der Waals surface area contributed by atoms with Gasteiger partial charge in [0.2, 0.25) is 0 Å². The van der Waals surface area contributed by atoms with Gasteiger partial charge in [-0.25, -0.2) is 13.2 Å². The molecular weight excluding hydrogens is 422 g/mol. The van der Waals surface area contributed by atoms with Gasteiger partial charge in [-0.2, -0.15) is 4.98 Å². The molecule has 2 aliphatic heterocycles. The molecule has 0 spiro atoms. The second-order valence-electron chi connectivity index (χ2n) is 6.53. The highest BCUT2D eigenvalue weighted by Gasteiger charge is 2.27. The van der Waals surface area contributed by atoms with E-state index in [2.05, 4.69) is 23.6 Å². The van der Waals surface area contributed by atoms with E-state index in [0.717, 1.165) is 38.3 Å². The third kappa shape index (κ3) is 4.23. The maximum atomic E-state index is 12.6. The number of thioether (sulfide) groups is 1. The fourth-order valence-electron chi connectivity index (χ4n) is 2.47. The third-order valence-corrected chi connectivity index (χ3v) is 9.27. The van der Waals surface area contributed by atoms with E-state index in [1.165, 1.54) is 10.6 Å². The second kappa shape index (κ2) is 7.94. The molecule has 0 aliphatic carbocycles. The summed E-state index contributed by atoms with van der Waals surface area (Å²) in [5, 5.41) is 1.70. The van der Waals surface area contributed by atoms with E-state index in [1.54, 1.807) is 34.5 Å². The van der Waals surface area contributed by atoms with Crippen LogP contribution in [0.4, 0.5) is 5.82 Å². The molecule has 0 fully saturated rings. The molecule has 3 rings (SSSR count). The molecular formula is C17H21N3O3S4. The van der Waals surface area contributed by atoms with Crippen molar-refractivity contribution in [2.75, 3.05) is 10.5 Å². The van der Waals surface area contributed by atoms with Crippen molar-refractivity contribution >= 4 is 50.3 Å². The molecule has 1 aromatic rings. The first-order valence-electron chi connectivity index (χ1n) is 8.42. The summed E-state index contributed by atoms with van der Waals surface area (Å²) in [6.45, 7) is 8.13. The van der Waals surface area contributed by atoms with Crippen molar-refractivity contribution in [3.63, 3.8) is 0 Å². The number of nitrogens with one attached hydrogen (secondary N) is 1. The molecule has 10 heteroatoms. The Bertz CT molecular complexity index is 1070. The van der Waals surface area contributed by atoms with Crippen LogP contribution in [-0.2, 0) is 10.0 Å². The molecule has 0 radical (unpaired) electrons. The number of hydrogen-bond acceptors (Lipinski definition) is 7. The lowest BCUT2D eigenvalue weighted by Gasteiger charge is -2.16. The SMILES string of the molecule is Cc1sc(SCCC(C)C)c2c(NS(=O)(=O)c3cccs3)nc(=O)n-2c1C. The number of sulfonamides is 1. The normalized spacial score (nSPS) is 12.2. The van der Waals surface area contributed by atoms with Crippen LogP contribution in [0.5, 0.6) is 0 Å². The molecule has 6 nitrogen and oxygen atoms in total. The van der Waals surface area contributed by atoms with E-state index >= 15 is 0 Å². The third-order valence-electron chi connectivity index (χ3n) is 4.05. The molecule has 1 N–H and O–H groups in total. The molecule has 27 heavy (non-hydrogen) atoms. The summed E-state index contributed by atoms with van der Waals surface area (Å²) < 4.78 is 30.4. The number of thiophene rings is 1. The quantitative estimate of drug-likeness (QED) is 0.549. The number of nitrogens with zero attached hydrogens (tertiary/aromatic N) is 2. The zero-order chi connectivity index (χ0) is 19.8. The van der Waals surface area contributed by atoms with Crippen molar-refractivity contribution < 1.29 is 8.42 Å². The number of imidazole rings is 1. The van der Waals surface area contributed by atoms with Gasteiger partial charge in [-0.1, -0.05) is 19.9 Å². The van der Waals surface area contributed by atoms with Crippen LogP contribution in [-0.4, -0.2) is 23.7 Å². The summed E-state index contributed by atoms with van der Waals surface area (Å²) in [5.41, 5.74) is 0.859. The summed E-state index contributed by atoms with van der Waals surface area (Å²) in [6, 6.07) is 3.20. The maximum Gasteiger partial charge on any atom is 0.354 e. The molecule has 0 saturated carbocycles. The number of aryl methyl sites for hydroxylation is 1. The second-order valence-corrected chi connectivity index (χ2v) is 12.0. The van der Waals surface area contributed by atoms with E-state index in [-0.39, 0.29) is 10.0 Å². The minimum absolute atomic E-state index is 0.0970. The van der Waals surface area contributed by atoms with Crippen molar-refractivity contribution in [2.45, 2.75) is 42.5 Å². The van der Waals surface area contributed by atoms with Gasteiger partial charge in [0.25, 0.3) is 10.0 Å². The Balaban J connectivity index is 2.07. The minimum Gasteiger partial charge on any atom is -0.261 e. The van der Waals surface area contributed by atoms with Gasteiger partial charge in [0.15, 0.2) is 5.82 Å². The molecule has 0 saturated heterocycles. The first-order chi connectivity index (χ1) is 12.7. The number of hydrogen-bond donors (Lipinski definition) is 1. The summed E-state index contributed by atoms with van der Waals surface area (Å²) >= 11 is 4.33. The van der Waals surface area contributed by atoms with Crippen molar-refractivity contribution in [1.29, 1.82) is 0 Å². The Labute approximate surface area is 171 Å². The summed E-state index contributed by atoms with van der Waals surface area (Å²) in [4.78, 5) is 17.5. The van der Waals surface area contributed by atoms with Gasteiger partial charge in [0.05, 0.1) is 4.21 Å². The summed E-state index contributed by atoms with van der Waals surface area (Å²) in [6.07, 6.45) is 1.03. The topological polar surface area (TPSA) is 81.1 Å². The summed E-state index contributed by atoms with van der Waals surface area (Å²) in [7, 11) is -3.77. The molecule has 0 unspecified atom stereocenters. The molecule has 2 aliphatic rings. The molecule has 1 aromatic heterocycles. The fourth-order valence-corrected chi connectivity index (χ4v) is 7.23. The first kappa shape index (κ1) is 20.4.